The third-order valence-electron chi connectivity index (χ3n) is 18.5. The summed E-state index contributed by atoms with van der Waals surface area (Å²) in [6, 6.07) is 103. The number of para-hydroxylation sites is 1. The van der Waals surface area contributed by atoms with E-state index in [0.717, 1.165) is 18.5 Å². The lowest BCUT2D eigenvalue weighted by Gasteiger charge is -2.18. The average molecular weight is 1090 g/mol. The Balaban J connectivity index is 0.851. The molecular weight excluding hydrogens is 1020 g/mol. The van der Waals surface area contributed by atoms with Crippen LogP contribution in [-0.4, -0.2) is 9.13 Å². The Labute approximate surface area is 497 Å². The summed E-state index contributed by atoms with van der Waals surface area (Å²) in [6.07, 6.45) is 6.98. The first kappa shape index (κ1) is 50.7. The summed E-state index contributed by atoms with van der Waals surface area (Å²) in [7, 11) is 0. The summed E-state index contributed by atoms with van der Waals surface area (Å²) in [5.74, 6) is 0.204. The Morgan fingerprint density at radius 3 is 1.34 bits per heavy atom. The molecule has 2 heterocycles. The van der Waals surface area contributed by atoms with Gasteiger partial charge < -0.3 is 9.13 Å². The van der Waals surface area contributed by atoms with Gasteiger partial charge in [-0.2, -0.15) is 0 Å². The summed E-state index contributed by atoms with van der Waals surface area (Å²) < 4.78 is 4.95. The van der Waals surface area contributed by atoms with Crippen molar-refractivity contribution in [1.29, 1.82) is 0 Å². The molecule has 15 aromatic rings. The van der Waals surface area contributed by atoms with Crippen molar-refractivity contribution in [2.24, 2.45) is 0 Å². The summed E-state index contributed by atoms with van der Waals surface area (Å²) in [4.78, 5) is 0. The minimum absolute atomic E-state index is 0.204. The highest BCUT2D eigenvalue weighted by atomic mass is 15.0. The maximum absolute atomic E-state index is 2.49. The van der Waals surface area contributed by atoms with Crippen LogP contribution in [0, 0.1) is 0 Å². The lowest BCUT2D eigenvalue weighted by Crippen LogP contribution is -2.00. The highest BCUT2D eigenvalue weighted by Crippen LogP contribution is 2.50. The number of unbranched alkanes of at least 4 members (excludes halogenated alkanes) is 2. The molecule has 0 aliphatic heterocycles. The third-order valence-corrected chi connectivity index (χ3v) is 18.5. The number of aromatic nitrogens is 2. The van der Waals surface area contributed by atoms with Gasteiger partial charge in [0.15, 0.2) is 0 Å². The van der Waals surface area contributed by atoms with E-state index in [9.17, 15) is 0 Å². The summed E-state index contributed by atoms with van der Waals surface area (Å²) in [5, 5.41) is 10.0. The topological polar surface area (TPSA) is 9.86 Å². The largest absolute Gasteiger partial charge is 0.309 e. The Morgan fingerprint density at radius 2 is 0.729 bits per heavy atom. The molecule has 0 spiro atoms. The van der Waals surface area contributed by atoms with E-state index < -0.39 is 0 Å². The van der Waals surface area contributed by atoms with Crippen LogP contribution < -0.4 is 0 Å². The number of rotatable bonds is 13. The van der Waals surface area contributed by atoms with Crippen LogP contribution in [0.4, 0.5) is 0 Å². The van der Waals surface area contributed by atoms with Crippen LogP contribution in [0.2, 0.25) is 0 Å². The lowest BCUT2D eigenvalue weighted by molar-refractivity contribution is 0.793. The van der Waals surface area contributed by atoms with Gasteiger partial charge in [-0.15, -0.1) is 0 Å². The molecule has 406 valence electrons. The highest BCUT2D eigenvalue weighted by Gasteiger charge is 2.30. The summed E-state index contributed by atoms with van der Waals surface area (Å²) in [5.41, 5.74) is 26.6. The number of benzene rings is 13. The number of hydrogen-bond acceptors (Lipinski definition) is 0. The van der Waals surface area contributed by atoms with Crippen molar-refractivity contribution < 1.29 is 0 Å². The molecule has 0 radical (unpaired) electrons. The van der Waals surface area contributed by atoms with Crippen molar-refractivity contribution in [3.8, 4) is 67.0 Å². The molecule has 2 aromatic heterocycles. The quantitative estimate of drug-likeness (QED) is 0.102. The molecule has 1 aliphatic rings. The Kier molecular flexibility index (Phi) is 12.5. The second-order valence-corrected chi connectivity index (χ2v) is 23.6. The second-order valence-electron chi connectivity index (χ2n) is 23.6. The molecule has 1 atom stereocenters. The van der Waals surface area contributed by atoms with E-state index >= 15 is 0 Å². The van der Waals surface area contributed by atoms with Gasteiger partial charge in [-0.1, -0.05) is 227 Å². The fourth-order valence-electron chi connectivity index (χ4n) is 14.5. The van der Waals surface area contributed by atoms with Gasteiger partial charge in [0, 0.05) is 38.8 Å². The van der Waals surface area contributed by atoms with Gasteiger partial charge in [-0.25, -0.2) is 0 Å². The average Bonchev–Trinajstić information content (AvgIpc) is 2.04. The van der Waals surface area contributed by atoms with Crippen LogP contribution in [0.1, 0.15) is 73.3 Å². The molecule has 0 bridgehead atoms. The van der Waals surface area contributed by atoms with E-state index in [2.05, 4.69) is 296 Å². The van der Waals surface area contributed by atoms with Gasteiger partial charge in [0.1, 0.15) is 0 Å². The van der Waals surface area contributed by atoms with Crippen molar-refractivity contribution in [2.45, 2.75) is 58.3 Å². The number of aryl methyl sites for hydroxylation is 2. The number of fused-ring (bicyclic) bond motifs is 11. The van der Waals surface area contributed by atoms with Crippen LogP contribution in [-0.2, 0) is 12.8 Å². The fourth-order valence-corrected chi connectivity index (χ4v) is 14.5. The number of hydrogen-bond donors (Lipinski definition) is 0. The second kappa shape index (κ2) is 21.0. The third kappa shape index (κ3) is 8.53. The molecule has 1 unspecified atom stereocenters. The van der Waals surface area contributed by atoms with Crippen molar-refractivity contribution in [1.82, 2.24) is 9.13 Å². The van der Waals surface area contributed by atoms with Crippen LogP contribution in [0.25, 0.3) is 132 Å². The molecule has 85 heavy (non-hydrogen) atoms. The predicted octanol–water partition coefficient (Wildman–Crippen LogP) is 22.7. The summed E-state index contributed by atoms with van der Waals surface area (Å²) in [6.45, 7) is 4.55. The van der Waals surface area contributed by atoms with Crippen molar-refractivity contribution in [3.05, 3.63) is 301 Å². The van der Waals surface area contributed by atoms with Gasteiger partial charge in [-0.05, 0) is 203 Å². The molecule has 13 aromatic carbocycles. The zero-order chi connectivity index (χ0) is 56.5. The van der Waals surface area contributed by atoms with Crippen molar-refractivity contribution >= 4 is 65.2 Å². The molecule has 16 rings (SSSR count). The Morgan fingerprint density at radius 1 is 0.282 bits per heavy atom. The van der Waals surface area contributed by atoms with E-state index in [1.807, 2.05) is 0 Å². The maximum atomic E-state index is 2.49. The highest BCUT2D eigenvalue weighted by molar-refractivity contribution is 6.21. The monoisotopic (exact) mass is 1090 g/mol. The zero-order valence-corrected chi connectivity index (χ0v) is 48.2. The lowest BCUT2D eigenvalue weighted by atomic mass is 9.86. The van der Waals surface area contributed by atoms with Gasteiger partial charge in [0.25, 0.3) is 0 Å². The Hall–Kier alpha value is -10.0. The van der Waals surface area contributed by atoms with Gasteiger partial charge in [-0.3, -0.25) is 0 Å². The van der Waals surface area contributed by atoms with Crippen LogP contribution in [0.5, 0.6) is 0 Å². The molecule has 2 heteroatoms. The van der Waals surface area contributed by atoms with E-state index in [0.29, 0.717) is 0 Å². The van der Waals surface area contributed by atoms with Crippen LogP contribution in [0.3, 0.4) is 0 Å². The number of nitrogens with zero attached hydrogens (tertiary/aromatic N) is 2. The van der Waals surface area contributed by atoms with Gasteiger partial charge >= 0.3 is 0 Å². The predicted molar refractivity (Wildman–Crippen MR) is 362 cm³/mol. The molecule has 0 saturated carbocycles. The first-order valence-corrected chi connectivity index (χ1v) is 30.7. The maximum Gasteiger partial charge on any atom is 0.0541 e. The fraction of sp³-hybridized carbons (Fsp3) is 0.108. The van der Waals surface area contributed by atoms with Gasteiger partial charge in [0.2, 0.25) is 0 Å². The molecule has 0 saturated heterocycles. The van der Waals surface area contributed by atoms with E-state index in [1.165, 1.54) is 180 Å². The van der Waals surface area contributed by atoms with E-state index in [1.54, 1.807) is 0 Å². The van der Waals surface area contributed by atoms with Gasteiger partial charge in [0.05, 0.1) is 22.1 Å². The SMILES string of the molecule is CCCCc1cccc(C2c3ccccc3-c3cc(-c4ccc5c(c4)c4cc(-c6ccc7c(c6)c6ccccc6n7-c6cccc(CCCC)c6)ccc4n5-c4ccc(-c5c6ccccc6c(-c6ccccc6)c6ccccc56)cc4)ccc32)c1. The minimum atomic E-state index is 0.204. The van der Waals surface area contributed by atoms with Crippen LogP contribution in [0.15, 0.2) is 273 Å². The normalized spacial score (nSPS) is 13.0. The molecule has 1 aliphatic carbocycles. The van der Waals surface area contributed by atoms with Crippen LogP contribution >= 0.6 is 0 Å². The summed E-state index contributed by atoms with van der Waals surface area (Å²) >= 11 is 0. The van der Waals surface area contributed by atoms with Crippen molar-refractivity contribution in [2.75, 3.05) is 0 Å². The molecule has 0 N–H and O–H groups in total. The first-order chi connectivity index (χ1) is 42.1. The molecule has 0 amide bonds. The standard InChI is InChI=1S/C83H64N2/c1-3-5-20-54-22-18-26-62(48-54)83-67-30-11-10-28-65(67)73-50-58(38-44-72(73)83)60-40-46-79-75(52-60)76-53-61(59-39-45-78-74(51-59)66-29-16-17-35-77(66)85(78)64-27-19-23-55(49-64)21-6-4-2)41-47-80(76)84(79)63-42-36-57(37-43-63)82-70-33-14-12-31-68(70)81(56-24-8-7-9-25-56)69-32-13-15-34-71(69)82/h7-19,22-53,83H,3-6,20-21H2,1-2H3. The molecule has 2 nitrogen and oxygen atoms in total. The zero-order valence-electron chi connectivity index (χ0n) is 48.2. The van der Waals surface area contributed by atoms with E-state index in [4.69, 9.17) is 0 Å². The minimum Gasteiger partial charge on any atom is -0.309 e. The van der Waals surface area contributed by atoms with Crippen molar-refractivity contribution in [3.63, 3.8) is 0 Å². The van der Waals surface area contributed by atoms with E-state index in [-0.39, 0.29) is 5.92 Å². The molecule has 0 fully saturated rings. The molecular formula is C83H64N2. The smallest absolute Gasteiger partial charge is 0.0541 e. The first-order valence-electron chi connectivity index (χ1n) is 30.7. The Bertz CT molecular complexity index is 5030.